The van der Waals surface area contributed by atoms with Gasteiger partial charge in [-0.3, -0.25) is 0 Å². The highest BCUT2D eigenvalue weighted by Gasteiger charge is 2.48. The number of hydrogen-bond acceptors (Lipinski definition) is 4. The van der Waals surface area contributed by atoms with Gasteiger partial charge in [-0.05, 0) is 46.7 Å². The third-order valence-electron chi connectivity index (χ3n) is 4.03. The van der Waals surface area contributed by atoms with Crippen molar-refractivity contribution in [1.29, 1.82) is 5.26 Å². The summed E-state index contributed by atoms with van der Waals surface area (Å²) in [4.78, 5) is 13.6. The Morgan fingerprint density at radius 3 is 2.42 bits per heavy atom. The zero-order chi connectivity index (χ0) is 14.1. The summed E-state index contributed by atoms with van der Waals surface area (Å²) in [7, 11) is 0. The molecule has 0 spiro atoms. The number of amides is 1. The van der Waals surface area contributed by atoms with Crippen molar-refractivity contribution in [2.45, 2.75) is 39.2 Å². The van der Waals surface area contributed by atoms with Gasteiger partial charge in [-0.2, -0.15) is 5.26 Å². The third-order valence-corrected chi connectivity index (χ3v) is 4.03. The molecular weight excluding hydrogens is 242 g/mol. The summed E-state index contributed by atoms with van der Waals surface area (Å²) >= 11 is 0. The van der Waals surface area contributed by atoms with Gasteiger partial charge in [0.15, 0.2) is 0 Å². The van der Waals surface area contributed by atoms with Gasteiger partial charge in [0.1, 0.15) is 5.60 Å². The molecule has 0 bridgehead atoms. The Morgan fingerprint density at radius 1 is 1.37 bits per heavy atom. The minimum Gasteiger partial charge on any atom is -0.444 e. The molecule has 2 aliphatic rings. The molecule has 5 nitrogen and oxygen atoms in total. The molecule has 0 aromatic carbocycles. The van der Waals surface area contributed by atoms with E-state index in [1.54, 1.807) is 4.90 Å². The zero-order valence-electron chi connectivity index (χ0n) is 12.0. The number of rotatable bonds is 1. The minimum atomic E-state index is -0.455. The number of carbonyl (C=O) groups excluding carboxylic acids is 1. The molecule has 106 valence electrons. The fourth-order valence-corrected chi connectivity index (χ4v) is 2.79. The highest BCUT2D eigenvalue weighted by atomic mass is 16.6. The number of piperidine rings is 1. The van der Waals surface area contributed by atoms with E-state index in [0.29, 0.717) is 19.0 Å². The van der Waals surface area contributed by atoms with Crippen LogP contribution in [0.5, 0.6) is 0 Å². The van der Waals surface area contributed by atoms with Crippen LogP contribution in [0.2, 0.25) is 0 Å². The Kier molecular flexibility index (Phi) is 3.73. The molecule has 0 saturated carbocycles. The molecule has 2 heterocycles. The summed E-state index contributed by atoms with van der Waals surface area (Å²) in [6.07, 6.45) is 1.51. The van der Waals surface area contributed by atoms with Crippen LogP contribution in [-0.2, 0) is 4.74 Å². The van der Waals surface area contributed by atoms with Crippen molar-refractivity contribution in [3.63, 3.8) is 0 Å². The smallest absolute Gasteiger partial charge is 0.410 e. The van der Waals surface area contributed by atoms with Crippen LogP contribution < -0.4 is 5.32 Å². The maximum atomic E-state index is 11.9. The topological polar surface area (TPSA) is 65.4 Å². The van der Waals surface area contributed by atoms with E-state index in [2.05, 4.69) is 11.4 Å². The lowest BCUT2D eigenvalue weighted by molar-refractivity contribution is -0.0262. The number of nitriles is 1. The van der Waals surface area contributed by atoms with Gasteiger partial charge in [0.2, 0.25) is 0 Å². The Bertz CT molecular complexity index is 382. The van der Waals surface area contributed by atoms with E-state index in [1.165, 1.54) is 0 Å². The van der Waals surface area contributed by atoms with Crippen LogP contribution in [0.1, 0.15) is 33.6 Å². The highest BCUT2D eigenvalue weighted by Crippen LogP contribution is 2.41. The predicted octanol–water partition coefficient (Wildman–Crippen LogP) is 1.75. The van der Waals surface area contributed by atoms with Crippen molar-refractivity contribution >= 4 is 6.09 Å². The average molecular weight is 265 g/mol. The van der Waals surface area contributed by atoms with Crippen LogP contribution in [0.3, 0.4) is 0 Å². The van der Waals surface area contributed by atoms with Gasteiger partial charge in [-0.15, -0.1) is 0 Å². The lowest BCUT2D eigenvalue weighted by Gasteiger charge is -2.48. The number of likely N-dealkylation sites (tertiary alicyclic amines) is 1. The fraction of sp³-hybridized carbons (Fsp3) is 0.857. The normalized spacial score (nSPS) is 23.4. The number of nitrogens with zero attached hydrogens (tertiary/aromatic N) is 2. The molecule has 1 amide bonds. The quantitative estimate of drug-likeness (QED) is 0.784. The monoisotopic (exact) mass is 265 g/mol. The van der Waals surface area contributed by atoms with Gasteiger partial charge < -0.3 is 15.0 Å². The van der Waals surface area contributed by atoms with Crippen molar-refractivity contribution in [3.8, 4) is 6.07 Å². The molecular formula is C14H23N3O2. The van der Waals surface area contributed by atoms with Gasteiger partial charge in [0, 0.05) is 19.0 Å². The molecule has 0 aromatic heterocycles. The van der Waals surface area contributed by atoms with Crippen LogP contribution in [0.25, 0.3) is 0 Å². The van der Waals surface area contributed by atoms with Gasteiger partial charge in [0.25, 0.3) is 0 Å². The molecule has 0 aliphatic carbocycles. The van der Waals surface area contributed by atoms with E-state index in [-0.39, 0.29) is 11.5 Å². The second-order valence-electron chi connectivity index (χ2n) is 6.60. The van der Waals surface area contributed by atoms with Crippen molar-refractivity contribution < 1.29 is 9.53 Å². The first-order chi connectivity index (χ1) is 8.86. The van der Waals surface area contributed by atoms with E-state index >= 15 is 0 Å². The minimum absolute atomic E-state index is 0.246. The van der Waals surface area contributed by atoms with Crippen molar-refractivity contribution in [3.05, 3.63) is 0 Å². The highest BCUT2D eigenvalue weighted by molar-refractivity contribution is 5.69. The summed E-state index contributed by atoms with van der Waals surface area (Å²) in [5, 5.41) is 12.8. The Balaban J connectivity index is 1.88. The molecule has 5 heteroatoms. The molecule has 2 aliphatic heterocycles. The van der Waals surface area contributed by atoms with Crippen LogP contribution in [0.15, 0.2) is 0 Å². The molecule has 1 N–H and O–H groups in total. The van der Waals surface area contributed by atoms with E-state index in [0.717, 1.165) is 25.9 Å². The molecule has 2 fully saturated rings. The zero-order valence-corrected chi connectivity index (χ0v) is 12.0. The Labute approximate surface area is 114 Å². The summed E-state index contributed by atoms with van der Waals surface area (Å²) in [5.41, 5.74) is -0.701. The van der Waals surface area contributed by atoms with Crippen LogP contribution in [0, 0.1) is 22.7 Å². The van der Waals surface area contributed by atoms with E-state index < -0.39 is 5.60 Å². The van der Waals surface area contributed by atoms with E-state index in [9.17, 15) is 10.1 Å². The number of carbonyl (C=O) groups is 1. The van der Waals surface area contributed by atoms with Gasteiger partial charge in [-0.1, -0.05) is 0 Å². The average Bonchev–Trinajstić information content (AvgIpc) is 2.25. The largest absolute Gasteiger partial charge is 0.444 e. The first-order valence-electron chi connectivity index (χ1n) is 6.96. The fourth-order valence-electron chi connectivity index (χ4n) is 2.79. The molecule has 2 rings (SSSR count). The van der Waals surface area contributed by atoms with Crippen LogP contribution in [0.4, 0.5) is 4.79 Å². The second kappa shape index (κ2) is 5.01. The predicted molar refractivity (Wildman–Crippen MR) is 71.4 cm³/mol. The Hall–Kier alpha value is -1.28. The first kappa shape index (κ1) is 14.1. The van der Waals surface area contributed by atoms with Crippen molar-refractivity contribution in [2.75, 3.05) is 26.2 Å². The van der Waals surface area contributed by atoms with Crippen molar-refractivity contribution in [2.24, 2.45) is 11.3 Å². The van der Waals surface area contributed by atoms with Crippen LogP contribution >= 0.6 is 0 Å². The van der Waals surface area contributed by atoms with Gasteiger partial charge in [0.05, 0.1) is 11.5 Å². The Morgan fingerprint density at radius 2 is 1.95 bits per heavy atom. The SMILES string of the molecule is CC(C)(C)OC(=O)N1CC(C2(C#N)CCNCC2)C1. The standard InChI is InChI=1S/C14H23N3O2/c1-13(2,3)19-12(18)17-8-11(9-17)14(10-15)4-6-16-7-5-14/h11,16H,4-9H2,1-3H3. The number of hydrogen-bond donors (Lipinski definition) is 1. The summed E-state index contributed by atoms with van der Waals surface area (Å²) in [5.74, 6) is 0.298. The van der Waals surface area contributed by atoms with E-state index in [1.807, 2.05) is 20.8 Å². The van der Waals surface area contributed by atoms with Crippen LogP contribution in [-0.4, -0.2) is 42.8 Å². The van der Waals surface area contributed by atoms with Gasteiger partial charge in [-0.25, -0.2) is 4.79 Å². The summed E-state index contributed by atoms with van der Waals surface area (Å²) < 4.78 is 5.34. The molecule has 0 atom stereocenters. The summed E-state index contributed by atoms with van der Waals surface area (Å²) in [6.45, 7) is 8.71. The molecule has 0 unspecified atom stereocenters. The van der Waals surface area contributed by atoms with Gasteiger partial charge >= 0.3 is 6.09 Å². The molecule has 0 radical (unpaired) electrons. The third kappa shape index (κ3) is 3.01. The lowest BCUT2D eigenvalue weighted by atomic mass is 9.67. The van der Waals surface area contributed by atoms with Crippen molar-refractivity contribution in [1.82, 2.24) is 10.2 Å². The molecule has 19 heavy (non-hydrogen) atoms. The first-order valence-corrected chi connectivity index (χ1v) is 6.96. The molecule has 2 saturated heterocycles. The lowest BCUT2D eigenvalue weighted by Crippen LogP contribution is -2.59. The summed E-state index contributed by atoms with van der Waals surface area (Å²) in [6, 6.07) is 2.51. The number of ether oxygens (including phenoxy) is 1. The second-order valence-corrected chi connectivity index (χ2v) is 6.60. The number of nitrogens with one attached hydrogen (secondary N) is 1. The van der Waals surface area contributed by atoms with E-state index in [4.69, 9.17) is 4.74 Å². The maximum Gasteiger partial charge on any atom is 0.410 e. The maximum absolute atomic E-state index is 11.9. The molecule has 0 aromatic rings.